The molecule has 126 valence electrons. The number of benzene rings is 2. The van der Waals surface area contributed by atoms with Gasteiger partial charge in [-0.05, 0) is 35.9 Å². The summed E-state index contributed by atoms with van der Waals surface area (Å²) in [7, 11) is 0. The molecule has 0 spiro atoms. The fourth-order valence-corrected chi connectivity index (χ4v) is 1.91. The maximum absolute atomic E-state index is 13.6. The molecular weight excluding hydrogens is 327 g/mol. The lowest BCUT2D eigenvalue weighted by Gasteiger charge is -2.06. The molecular formula is C18H13FN2O4. The number of hydrogen-bond donors (Lipinski definition) is 2. The van der Waals surface area contributed by atoms with Gasteiger partial charge < -0.3 is 15.2 Å². The molecule has 0 bridgehead atoms. The smallest absolute Gasteiger partial charge is 0.341 e. The van der Waals surface area contributed by atoms with Crippen LogP contribution in [0.15, 0.2) is 54.1 Å². The Morgan fingerprint density at radius 2 is 2.00 bits per heavy atom. The van der Waals surface area contributed by atoms with Gasteiger partial charge in [0, 0.05) is 0 Å². The van der Waals surface area contributed by atoms with Gasteiger partial charge in [0.2, 0.25) is 0 Å². The third-order valence-corrected chi connectivity index (χ3v) is 3.02. The van der Waals surface area contributed by atoms with Gasteiger partial charge in [-0.3, -0.25) is 4.79 Å². The standard InChI is InChI=1S/C18H13FN2O4/c19-15-6-1-2-7-16(15)21-18(24)13(10-20)8-12-4-3-5-14(9-12)25-11-17(22)23/h1-9H,11H2,(H,21,24)(H,22,23)/b13-8+. The summed E-state index contributed by atoms with van der Waals surface area (Å²) in [5, 5.41) is 20.1. The molecule has 2 aromatic carbocycles. The van der Waals surface area contributed by atoms with E-state index >= 15 is 0 Å². The lowest BCUT2D eigenvalue weighted by Crippen LogP contribution is -2.14. The highest BCUT2D eigenvalue weighted by Crippen LogP contribution is 2.18. The number of carbonyl (C=O) groups excluding carboxylic acids is 1. The van der Waals surface area contributed by atoms with Crippen molar-refractivity contribution in [2.75, 3.05) is 11.9 Å². The minimum absolute atomic E-state index is 0.0350. The average Bonchev–Trinajstić information content (AvgIpc) is 2.60. The summed E-state index contributed by atoms with van der Waals surface area (Å²) in [5.74, 6) is -2.22. The van der Waals surface area contributed by atoms with Crippen molar-refractivity contribution in [1.82, 2.24) is 0 Å². The first-order valence-electron chi connectivity index (χ1n) is 7.12. The van der Waals surface area contributed by atoms with Crippen LogP contribution in [0.5, 0.6) is 5.75 Å². The van der Waals surface area contributed by atoms with Crippen LogP contribution in [0.3, 0.4) is 0 Å². The Morgan fingerprint density at radius 3 is 2.68 bits per heavy atom. The van der Waals surface area contributed by atoms with Crippen LogP contribution in [0, 0.1) is 17.1 Å². The van der Waals surface area contributed by atoms with Crippen molar-refractivity contribution in [2.24, 2.45) is 0 Å². The number of carboxylic acid groups (broad SMARTS) is 1. The van der Waals surface area contributed by atoms with Crippen LogP contribution in [-0.2, 0) is 9.59 Å². The van der Waals surface area contributed by atoms with Gasteiger partial charge in [0.05, 0.1) is 5.69 Å². The van der Waals surface area contributed by atoms with Gasteiger partial charge in [0.25, 0.3) is 5.91 Å². The zero-order chi connectivity index (χ0) is 18.2. The fraction of sp³-hybridized carbons (Fsp3) is 0.0556. The van der Waals surface area contributed by atoms with Crippen LogP contribution in [0.25, 0.3) is 6.08 Å². The number of carbonyl (C=O) groups is 2. The van der Waals surface area contributed by atoms with E-state index in [1.807, 2.05) is 0 Å². The molecule has 0 unspecified atom stereocenters. The second-order valence-corrected chi connectivity index (χ2v) is 4.86. The van der Waals surface area contributed by atoms with Crippen LogP contribution in [0.2, 0.25) is 0 Å². The predicted octanol–water partition coefficient (Wildman–Crippen LogP) is 2.83. The van der Waals surface area contributed by atoms with Crippen LogP contribution < -0.4 is 10.1 Å². The molecule has 0 saturated carbocycles. The molecule has 6 nitrogen and oxygen atoms in total. The number of carboxylic acids is 1. The van der Waals surface area contributed by atoms with Crippen molar-refractivity contribution in [3.8, 4) is 11.8 Å². The van der Waals surface area contributed by atoms with E-state index in [0.717, 1.165) is 0 Å². The summed E-state index contributed by atoms with van der Waals surface area (Å²) < 4.78 is 18.6. The molecule has 2 rings (SSSR count). The lowest BCUT2D eigenvalue weighted by atomic mass is 10.1. The molecule has 0 aliphatic rings. The van der Waals surface area contributed by atoms with E-state index in [2.05, 4.69) is 5.32 Å². The van der Waals surface area contributed by atoms with Crippen molar-refractivity contribution in [3.63, 3.8) is 0 Å². The molecule has 0 aliphatic heterocycles. The van der Waals surface area contributed by atoms with Crippen molar-refractivity contribution in [2.45, 2.75) is 0 Å². The van der Waals surface area contributed by atoms with Gasteiger partial charge in [-0.2, -0.15) is 5.26 Å². The van der Waals surface area contributed by atoms with Crippen LogP contribution in [0.1, 0.15) is 5.56 Å². The molecule has 0 aliphatic carbocycles. The van der Waals surface area contributed by atoms with E-state index in [1.165, 1.54) is 30.3 Å². The molecule has 25 heavy (non-hydrogen) atoms. The molecule has 0 atom stereocenters. The Hall–Kier alpha value is -3.66. The number of rotatable bonds is 6. The number of nitrogens with zero attached hydrogens (tertiary/aromatic N) is 1. The summed E-state index contributed by atoms with van der Waals surface area (Å²) in [6, 6.07) is 13.6. The maximum Gasteiger partial charge on any atom is 0.341 e. The molecule has 0 aromatic heterocycles. The number of nitrogens with one attached hydrogen (secondary N) is 1. The van der Waals surface area contributed by atoms with Crippen molar-refractivity contribution >= 4 is 23.6 Å². The minimum atomic E-state index is -1.12. The number of ether oxygens (including phenoxy) is 1. The molecule has 1 amide bonds. The SMILES string of the molecule is N#C/C(=C\c1cccc(OCC(=O)O)c1)C(=O)Nc1ccccc1F. The van der Waals surface area contributed by atoms with E-state index in [4.69, 9.17) is 15.1 Å². The van der Waals surface area contributed by atoms with Crippen LogP contribution in [-0.4, -0.2) is 23.6 Å². The zero-order valence-electron chi connectivity index (χ0n) is 12.9. The quantitative estimate of drug-likeness (QED) is 0.622. The molecule has 7 heteroatoms. The van der Waals surface area contributed by atoms with Crippen molar-refractivity contribution in [1.29, 1.82) is 5.26 Å². The predicted molar refractivity (Wildman–Crippen MR) is 88.2 cm³/mol. The normalized spacial score (nSPS) is 10.6. The molecule has 0 heterocycles. The van der Waals surface area contributed by atoms with E-state index in [9.17, 15) is 14.0 Å². The van der Waals surface area contributed by atoms with Crippen LogP contribution in [0.4, 0.5) is 10.1 Å². The largest absolute Gasteiger partial charge is 0.482 e. The first-order chi connectivity index (χ1) is 12.0. The third kappa shape index (κ3) is 5.18. The number of nitriles is 1. The molecule has 0 radical (unpaired) electrons. The molecule has 2 aromatic rings. The molecule has 0 fully saturated rings. The van der Waals surface area contributed by atoms with Crippen molar-refractivity contribution in [3.05, 3.63) is 65.5 Å². The highest BCUT2D eigenvalue weighted by molar-refractivity contribution is 6.09. The number of halogens is 1. The second kappa shape index (κ2) is 8.26. The highest BCUT2D eigenvalue weighted by Gasteiger charge is 2.12. The number of hydrogen-bond acceptors (Lipinski definition) is 4. The second-order valence-electron chi connectivity index (χ2n) is 4.86. The molecule has 0 saturated heterocycles. The van der Waals surface area contributed by atoms with Crippen LogP contribution >= 0.6 is 0 Å². The Kier molecular flexibility index (Phi) is 5.85. The van der Waals surface area contributed by atoms with E-state index in [-0.39, 0.29) is 17.0 Å². The fourth-order valence-electron chi connectivity index (χ4n) is 1.91. The van der Waals surface area contributed by atoms with Gasteiger partial charge in [0.15, 0.2) is 6.61 Å². The summed E-state index contributed by atoms with van der Waals surface area (Å²) in [5.41, 5.74) is 0.189. The lowest BCUT2D eigenvalue weighted by molar-refractivity contribution is -0.139. The number of amides is 1. The maximum atomic E-state index is 13.6. The summed E-state index contributed by atoms with van der Waals surface area (Å²) >= 11 is 0. The first-order valence-corrected chi connectivity index (χ1v) is 7.12. The first kappa shape index (κ1) is 17.7. The van der Waals surface area contributed by atoms with E-state index in [0.29, 0.717) is 5.56 Å². The van der Waals surface area contributed by atoms with E-state index < -0.39 is 24.3 Å². The van der Waals surface area contributed by atoms with Gasteiger partial charge in [-0.25, -0.2) is 9.18 Å². The topological polar surface area (TPSA) is 99.4 Å². The van der Waals surface area contributed by atoms with Gasteiger partial charge in [-0.1, -0.05) is 24.3 Å². The average molecular weight is 340 g/mol. The number of para-hydroxylation sites is 1. The highest BCUT2D eigenvalue weighted by atomic mass is 19.1. The summed E-state index contributed by atoms with van der Waals surface area (Å²) in [6.45, 7) is -0.508. The Morgan fingerprint density at radius 1 is 1.24 bits per heavy atom. The number of aliphatic carboxylic acids is 1. The molecule has 2 N–H and O–H groups in total. The van der Waals surface area contributed by atoms with Gasteiger partial charge >= 0.3 is 5.97 Å². The number of anilines is 1. The monoisotopic (exact) mass is 340 g/mol. The Labute approximate surface area is 142 Å². The van der Waals surface area contributed by atoms with Gasteiger partial charge in [0.1, 0.15) is 23.2 Å². The Balaban J connectivity index is 2.18. The summed E-state index contributed by atoms with van der Waals surface area (Å²) in [6.07, 6.45) is 1.30. The Bertz CT molecular complexity index is 871. The summed E-state index contributed by atoms with van der Waals surface area (Å²) in [4.78, 5) is 22.6. The van der Waals surface area contributed by atoms with E-state index in [1.54, 1.807) is 30.3 Å². The minimum Gasteiger partial charge on any atom is -0.482 e. The van der Waals surface area contributed by atoms with Gasteiger partial charge in [-0.15, -0.1) is 0 Å². The third-order valence-electron chi connectivity index (χ3n) is 3.02. The van der Waals surface area contributed by atoms with Crippen molar-refractivity contribution < 1.29 is 23.8 Å². The zero-order valence-corrected chi connectivity index (χ0v) is 12.9.